The van der Waals surface area contributed by atoms with E-state index in [9.17, 15) is 19.2 Å². The third kappa shape index (κ3) is 8.14. The lowest BCUT2D eigenvalue weighted by molar-refractivity contribution is -0.156. The van der Waals surface area contributed by atoms with Crippen molar-refractivity contribution < 1.29 is 28.7 Å². The van der Waals surface area contributed by atoms with Gasteiger partial charge in [-0.2, -0.15) is 0 Å². The van der Waals surface area contributed by atoms with Crippen molar-refractivity contribution in [3.05, 3.63) is 23.3 Å². The van der Waals surface area contributed by atoms with E-state index in [0.29, 0.717) is 0 Å². The van der Waals surface area contributed by atoms with Crippen molar-refractivity contribution >= 4 is 23.5 Å². The van der Waals surface area contributed by atoms with Gasteiger partial charge >= 0.3 is 11.9 Å². The first-order chi connectivity index (χ1) is 16.6. The van der Waals surface area contributed by atoms with Gasteiger partial charge < -0.3 is 9.47 Å². The molecule has 0 saturated heterocycles. The van der Waals surface area contributed by atoms with Gasteiger partial charge in [0.05, 0.1) is 12.8 Å². The van der Waals surface area contributed by atoms with Crippen LogP contribution in [0.3, 0.4) is 0 Å². The molecular weight excluding hydrogens is 456 g/mol. The molecule has 36 heavy (non-hydrogen) atoms. The lowest BCUT2D eigenvalue weighted by Crippen LogP contribution is -2.36. The van der Waals surface area contributed by atoms with Crippen LogP contribution in [0.4, 0.5) is 0 Å². The van der Waals surface area contributed by atoms with Gasteiger partial charge in [-0.15, -0.1) is 0 Å². The van der Waals surface area contributed by atoms with Crippen molar-refractivity contribution in [2.24, 2.45) is 22.7 Å². The Balaban J connectivity index is 1.76. The number of carbonyl (C=O) groups is 4. The largest absolute Gasteiger partial charge is 0.462 e. The maximum atomic E-state index is 12.9. The summed E-state index contributed by atoms with van der Waals surface area (Å²) in [7, 11) is 0. The van der Waals surface area contributed by atoms with E-state index < -0.39 is 24.1 Å². The average molecular weight is 503 g/mol. The molecular formula is C30H46O6. The standard InChI is InChI=1S/C30H46O6/c1-19-11-9-15-29(5,6)27(19)23(31)17-21(3)35-25(33)13-14-26(34)36-22(4)18-24(32)28-20(2)12-10-16-30(28,7)8/h11-12,21-22,27-28H,9-10,13-18H2,1-8H3. The lowest BCUT2D eigenvalue weighted by atomic mass is 9.66. The number of ether oxygens (including phenoxy) is 2. The third-order valence-corrected chi connectivity index (χ3v) is 7.80. The zero-order chi connectivity index (χ0) is 27.3. The summed E-state index contributed by atoms with van der Waals surface area (Å²) in [4.78, 5) is 50.4. The van der Waals surface area contributed by atoms with Crippen molar-refractivity contribution in [3.8, 4) is 0 Å². The summed E-state index contributed by atoms with van der Waals surface area (Å²) < 4.78 is 10.8. The molecule has 202 valence electrons. The molecule has 0 spiro atoms. The molecule has 0 fully saturated rings. The second kappa shape index (κ2) is 12.3. The lowest BCUT2D eigenvalue weighted by Gasteiger charge is -2.37. The molecule has 0 aromatic carbocycles. The molecule has 6 heteroatoms. The van der Waals surface area contributed by atoms with Gasteiger partial charge in [-0.1, -0.05) is 51.0 Å². The number of ketones is 2. The molecule has 0 bridgehead atoms. The van der Waals surface area contributed by atoms with Gasteiger partial charge in [-0.05, 0) is 64.2 Å². The van der Waals surface area contributed by atoms with Gasteiger partial charge in [-0.3, -0.25) is 19.2 Å². The number of allylic oxidation sites excluding steroid dienone is 4. The van der Waals surface area contributed by atoms with Gasteiger partial charge in [0.1, 0.15) is 23.8 Å². The Morgan fingerprint density at radius 1 is 0.750 bits per heavy atom. The quantitative estimate of drug-likeness (QED) is 0.243. The molecule has 2 aliphatic rings. The summed E-state index contributed by atoms with van der Waals surface area (Å²) in [5.41, 5.74) is 1.96. The van der Waals surface area contributed by atoms with Crippen LogP contribution in [0.15, 0.2) is 23.3 Å². The van der Waals surface area contributed by atoms with Gasteiger partial charge in [0, 0.05) is 24.7 Å². The van der Waals surface area contributed by atoms with E-state index >= 15 is 0 Å². The van der Waals surface area contributed by atoms with Gasteiger partial charge in [0.25, 0.3) is 0 Å². The maximum Gasteiger partial charge on any atom is 0.306 e. The minimum atomic E-state index is -0.557. The first-order valence-corrected chi connectivity index (χ1v) is 13.4. The number of hydrogen-bond donors (Lipinski definition) is 0. The normalized spacial score (nSPS) is 24.6. The smallest absolute Gasteiger partial charge is 0.306 e. The average Bonchev–Trinajstić information content (AvgIpc) is 2.70. The van der Waals surface area contributed by atoms with Gasteiger partial charge in [-0.25, -0.2) is 0 Å². The summed E-state index contributed by atoms with van der Waals surface area (Å²) in [6.07, 6.45) is 7.06. The molecule has 0 N–H and O–H groups in total. The highest BCUT2D eigenvalue weighted by molar-refractivity contribution is 5.86. The van der Waals surface area contributed by atoms with Crippen molar-refractivity contribution in [3.63, 3.8) is 0 Å². The zero-order valence-corrected chi connectivity index (χ0v) is 23.6. The minimum Gasteiger partial charge on any atom is -0.462 e. The Labute approximate surface area is 217 Å². The molecule has 0 aromatic heterocycles. The third-order valence-electron chi connectivity index (χ3n) is 7.80. The van der Waals surface area contributed by atoms with E-state index in [1.807, 2.05) is 13.8 Å². The Kier molecular flexibility index (Phi) is 10.3. The number of rotatable bonds is 11. The molecule has 0 heterocycles. The van der Waals surface area contributed by atoms with Crippen LogP contribution in [0.2, 0.25) is 0 Å². The summed E-state index contributed by atoms with van der Waals surface area (Å²) in [5, 5.41) is 0. The van der Waals surface area contributed by atoms with Crippen LogP contribution in [-0.4, -0.2) is 35.7 Å². The highest BCUT2D eigenvalue weighted by Gasteiger charge is 2.39. The second-order valence-corrected chi connectivity index (χ2v) is 12.3. The summed E-state index contributed by atoms with van der Waals surface area (Å²) >= 11 is 0. The number of Topliss-reactive ketones (excluding diaryl/α,β-unsaturated/α-hetero) is 2. The summed E-state index contributed by atoms with van der Waals surface area (Å²) in [5.74, 6) is -1.22. The van der Waals surface area contributed by atoms with Gasteiger partial charge in [0.15, 0.2) is 0 Å². The zero-order valence-electron chi connectivity index (χ0n) is 23.6. The van der Waals surface area contributed by atoms with Crippen LogP contribution >= 0.6 is 0 Å². The number of carbonyl (C=O) groups excluding carboxylic acids is 4. The van der Waals surface area contributed by atoms with E-state index in [-0.39, 0.29) is 59.9 Å². The minimum absolute atomic E-state index is 0.0814. The predicted molar refractivity (Wildman–Crippen MR) is 140 cm³/mol. The fourth-order valence-electron chi connectivity index (χ4n) is 6.14. The maximum absolute atomic E-state index is 12.9. The molecule has 0 radical (unpaired) electrons. The van der Waals surface area contributed by atoms with Crippen molar-refractivity contribution in [1.82, 2.24) is 0 Å². The molecule has 6 nitrogen and oxygen atoms in total. The van der Waals surface area contributed by atoms with Crippen LogP contribution in [0.25, 0.3) is 0 Å². The SMILES string of the molecule is CC1=CCCC(C)(C)C1C(=O)CC(C)OC(=O)CCC(=O)OC(C)CC(=O)C1C(C)=CCCC1(C)C. The fraction of sp³-hybridized carbons (Fsp3) is 0.733. The van der Waals surface area contributed by atoms with Gasteiger partial charge in [0.2, 0.25) is 0 Å². The van der Waals surface area contributed by atoms with E-state index in [1.54, 1.807) is 13.8 Å². The first kappa shape index (κ1) is 30.0. The van der Waals surface area contributed by atoms with E-state index in [1.165, 1.54) is 0 Å². The molecule has 4 unspecified atom stereocenters. The van der Waals surface area contributed by atoms with Crippen molar-refractivity contribution in [2.75, 3.05) is 0 Å². The molecule has 0 aliphatic heterocycles. The number of hydrogen-bond acceptors (Lipinski definition) is 6. The van der Waals surface area contributed by atoms with Crippen LogP contribution in [-0.2, 0) is 28.7 Å². The molecule has 0 saturated carbocycles. The van der Waals surface area contributed by atoms with Crippen LogP contribution in [0.5, 0.6) is 0 Å². The highest BCUT2D eigenvalue weighted by atomic mass is 16.5. The first-order valence-electron chi connectivity index (χ1n) is 13.4. The fourth-order valence-corrected chi connectivity index (χ4v) is 6.14. The molecule has 0 aromatic rings. The summed E-state index contributed by atoms with van der Waals surface area (Å²) in [6, 6.07) is 0. The Bertz CT molecular complexity index is 832. The van der Waals surface area contributed by atoms with Crippen molar-refractivity contribution in [1.29, 1.82) is 0 Å². The Morgan fingerprint density at radius 2 is 1.08 bits per heavy atom. The topological polar surface area (TPSA) is 86.7 Å². The summed E-state index contributed by atoms with van der Waals surface area (Å²) in [6.45, 7) is 15.8. The monoisotopic (exact) mass is 502 g/mol. The van der Waals surface area contributed by atoms with E-state index in [0.717, 1.165) is 36.8 Å². The predicted octanol–water partition coefficient (Wildman–Crippen LogP) is 6.31. The van der Waals surface area contributed by atoms with Crippen LogP contribution in [0, 0.1) is 22.7 Å². The molecule has 2 aliphatic carbocycles. The Morgan fingerprint density at radius 3 is 1.39 bits per heavy atom. The molecule has 2 rings (SSSR count). The highest BCUT2D eigenvalue weighted by Crippen LogP contribution is 2.43. The molecule has 0 amide bonds. The number of esters is 2. The van der Waals surface area contributed by atoms with Crippen LogP contribution in [0.1, 0.15) is 107 Å². The van der Waals surface area contributed by atoms with Crippen molar-refractivity contribution in [2.45, 2.75) is 119 Å². The van der Waals surface area contributed by atoms with Crippen LogP contribution < -0.4 is 0 Å². The second-order valence-electron chi connectivity index (χ2n) is 12.3. The molecule has 4 atom stereocenters. The Hall–Kier alpha value is -2.24. The van der Waals surface area contributed by atoms with E-state index in [2.05, 4.69) is 39.8 Å². The van der Waals surface area contributed by atoms with E-state index in [4.69, 9.17) is 9.47 Å².